The first kappa shape index (κ1) is 18.6. The fourth-order valence-corrected chi connectivity index (χ4v) is 3.34. The molecular weight excluding hydrogens is 406 g/mol. The lowest BCUT2D eigenvalue weighted by Crippen LogP contribution is -2.31. The number of nitrogens with one attached hydrogen (secondary N) is 1. The van der Waals surface area contributed by atoms with Gasteiger partial charge in [-0.15, -0.1) is 0 Å². The predicted molar refractivity (Wildman–Crippen MR) is 101 cm³/mol. The molecule has 2 aromatic carbocycles. The Labute approximate surface area is 159 Å². The Hall–Kier alpha value is -2.15. The number of hydrogen-bond acceptors (Lipinski definition) is 3. The standard InChI is InChI=1S/C19H19BrF2N2O2/c1-12(26-17-8-7-13(21)11-14(17)20)19(25)23-18-15(22)5-4-6-16(18)24-9-2-3-10-24/h4-8,11-12H,2-3,9-10H2,1H3,(H,23,25). The zero-order valence-corrected chi connectivity index (χ0v) is 15.9. The Morgan fingerprint density at radius 3 is 2.65 bits per heavy atom. The number of nitrogens with zero attached hydrogens (tertiary/aromatic N) is 1. The van der Waals surface area contributed by atoms with Crippen molar-refractivity contribution < 1.29 is 18.3 Å². The second-order valence-corrected chi connectivity index (χ2v) is 7.01. The van der Waals surface area contributed by atoms with Crippen molar-refractivity contribution in [1.29, 1.82) is 0 Å². The number of carbonyl (C=O) groups is 1. The molecule has 1 aliphatic heterocycles. The topological polar surface area (TPSA) is 41.6 Å². The van der Waals surface area contributed by atoms with Crippen molar-refractivity contribution in [2.45, 2.75) is 25.9 Å². The van der Waals surface area contributed by atoms with Crippen molar-refractivity contribution in [3.8, 4) is 5.75 Å². The molecule has 1 unspecified atom stereocenters. The fraction of sp³-hybridized carbons (Fsp3) is 0.316. The summed E-state index contributed by atoms with van der Waals surface area (Å²) in [5.41, 5.74) is 0.832. The highest BCUT2D eigenvalue weighted by atomic mass is 79.9. The highest BCUT2D eigenvalue weighted by Crippen LogP contribution is 2.32. The number of benzene rings is 2. The lowest BCUT2D eigenvalue weighted by molar-refractivity contribution is -0.122. The predicted octanol–water partition coefficient (Wildman–Crippen LogP) is 4.73. The largest absolute Gasteiger partial charge is 0.480 e. The summed E-state index contributed by atoms with van der Waals surface area (Å²) in [6, 6.07) is 8.68. The number of ether oxygens (including phenoxy) is 1. The second-order valence-electron chi connectivity index (χ2n) is 6.15. The van der Waals surface area contributed by atoms with Crippen LogP contribution in [-0.4, -0.2) is 25.1 Å². The number of hydrogen-bond donors (Lipinski definition) is 1. The number of para-hydroxylation sites is 1. The number of carbonyl (C=O) groups excluding carboxylic acids is 1. The Kier molecular flexibility index (Phi) is 5.76. The Morgan fingerprint density at radius 1 is 1.23 bits per heavy atom. The van der Waals surface area contributed by atoms with E-state index in [0.29, 0.717) is 15.9 Å². The van der Waals surface area contributed by atoms with Crippen LogP contribution in [0, 0.1) is 11.6 Å². The third kappa shape index (κ3) is 4.15. The van der Waals surface area contributed by atoms with Crippen LogP contribution in [-0.2, 0) is 4.79 Å². The van der Waals surface area contributed by atoms with Gasteiger partial charge in [0.15, 0.2) is 6.10 Å². The molecule has 0 aromatic heterocycles. The van der Waals surface area contributed by atoms with Gasteiger partial charge in [0, 0.05) is 13.1 Å². The molecular formula is C19H19BrF2N2O2. The van der Waals surface area contributed by atoms with Crippen molar-refractivity contribution >= 4 is 33.2 Å². The molecule has 2 aromatic rings. The number of rotatable bonds is 5. The molecule has 26 heavy (non-hydrogen) atoms. The summed E-state index contributed by atoms with van der Waals surface area (Å²) in [4.78, 5) is 14.6. The minimum Gasteiger partial charge on any atom is -0.480 e. The summed E-state index contributed by atoms with van der Waals surface area (Å²) in [6.07, 6.45) is 1.20. The van der Waals surface area contributed by atoms with Crippen molar-refractivity contribution in [3.05, 3.63) is 52.5 Å². The summed E-state index contributed by atoms with van der Waals surface area (Å²) in [7, 11) is 0. The molecule has 4 nitrogen and oxygen atoms in total. The average molecular weight is 425 g/mol. The maximum absolute atomic E-state index is 14.3. The molecule has 1 atom stereocenters. The first-order valence-corrected chi connectivity index (χ1v) is 9.21. The summed E-state index contributed by atoms with van der Waals surface area (Å²) in [5.74, 6) is -1.05. The Balaban J connectivity index is 1.75. The van der Waals surface area contributed by atoms with Crippen LogP contribution in [0.4, 0.5) is 20.2 Å². The number of amides is 1. The van der Waals surface area contributed by atoms with Gasteiger partial charge in [-0.05, 0) is 66.0 Å². The average Bonchev–Trinajstić information content (AvgIpc) is 3.13. The van der Waals surface area contributed by atoms with Gasteiger partial charge in [-0.25, -0.2) is 8.78 Å². The van der Waals surface area contributed by atoms with E-state index in [4.69, 9.17) is 4.74 Å². The number of halogens is 3. The molecule has 138 valence electrons. The van der Waals surface area contributed by atoms with Gasteiger partial charge in [0.2, 0.25) is 0 Å². The third-order valence-corrected chi connectivity index (χ3v) is 4.87. The highest BCUT2D eigenvalue weighted by Gasteiger charge is 2.23. The van der Waals surface area contributed by atoms with Crippen LogP contribution in [0.5, 0.6) is 5.75 Å². The minimum absolute atomic E-state index is 0.160. The third-order valence-electron chi connectivity index (χ3n) is 4.25. The molecule has 0 spiro atoms. The molecule has 1 N–H and O–H groups in total. The van der Waals surface area contributed by atoms with Crippen LogP contribution in [0.2, 0.25) is 0 Å². The lowest BCUT2D eigenvalue weighted by atomic mass is 10.2. The summed E-state index contributed by atoms with van der Waals surface area (Å²) in [5, 5.41) is 2.64. The minimum atomic E-state index is -0.886. The summed E-state index contributed by atoms with van der Waals surface area (Å²) in [6.45, 7) is 3.23. The first-order chi connectivity index (χ1) is 12.5. The van der Waals surface area contributed by atoms with Gasteiger partial charge < -0.3 is 15.0 Å². The maximum Gasteiger partial charge on any atom is 0.265 e. The molecule has 0 aliphatic carbocycles. The molecule has 1 aliphatic rings. The molecule has 1 amide bonds. The Bertz CT molecular complexity index is 810. The van der Waals surface area contributed by atoms with E-state index in [9.17, 15) is 13.6 Å². The molecule has 1 fully saturated rings. The van der Waals surface area contributed by atoms with Gasteiger partial charge in [-0.2, -0.15) is 0 Å². The zero-order chi connectivity index (χ0) is 18.7. The van der Waals surface area contributed by atoms with Crippen molar-refractivity contribution in [1.82, 2.24) is 0 Å². The summed E-state index contributed by atoms with van der Waals surface area (Å²) < 4.78 is 33.5. The fourth-order valence-electron chi connectivity index (χ4n) is 2.90. The quantitative estimate of drug-likeness (QED) is 0.753. The zero-order valence-electron chi connectivity index (χ0n) is 14.3. The van der Waals surface area contributed by atoms with E-state index in [1.165, 1.54) is 24.3 Å². The van der Waals surface area contributed by atoms with E-state index < -0.39 is 23.6 Å². The van der Waals surface area contributed by atoms with Crippen LogP contribution < -0.4 is 15.0 Å². The molecule has 1 saturated heterocycles. The van der Waals surface area contributed by atoms with E-state index in [1.807, 2.05) is 0 Å². The molecule has 0 radical (unpaired) electrons. The van der Waals surface area contributed by atoms with Crippen LogP contribution in [0.15, 0.2) is 40.9 Å². The van der Waals surface area contributed by atoms with E-state index in [1.54, 1.807) is 19.1 Å². The number of anilines is 2. The SMILES string of the molecule is CC(Oc1ccc(F)cc1Br)C(=O)Nc1c(F)cccc1N1CCCC1. The van der Waals surface area contributed by atoms with Gasteiger partial charge >= 0.3 is 0 Å². The van der Waals surface area contributed by atoms with Gasteiger partial charge in [-0.3, -0.25) is 4.79 Å². The van der Waals surface area contributed by atoms with Gasteiger partial charge in [-0.1, -0.05) is 6.07 Å². The monoisotopic (exact) mass is 424 g/mol. The van der Waals surface area contributed by atoms with Crippen molar-refractivity contribution in [2.75, 3.05) is 23.3 Å². The van der Waals surface area contributed by atoms with Gasteiger partial charge in [0.25, 0.3) is 5.91 Å². The van der Waals surface area contributed by atoms with Gasteiger partial charge in [0.1, 0.15) is 23.1 Å². The van der Waals surface area contributed by atoms with Gasteiger partial charge in [0.05, 0.1) is 10.2 Å². The summed E-state index contributed by atoms with van der Waals surface area (Å²) >= 11 is 3.20. The first-order valence-electron chi connectivity index (χ1n) is 8.42. The van der Waals surface area contributed by atoms with E-state index >= 15 is 0 Å². The van der Waals surface area contributed by atoms with E-state index in [0.717, 1.165) is 25.9 Å². The van der Waals surface area contributed by atoms with Crippen LogP contribution in [0.3, 0.4) is 0 Å². The highest BCUT2D eigenvalue weighted by molar-refractivity contribution is 9.10. The van der Waals surface area contributed by atoms with Crippen molar-refractivity contribution in [3.63, 3.8) is 0 Å². The van der Waals surface area contributed by atoms with Crippen LogP contribution in [0.1, 0.15) is 19.8 Å². The molecule has 1 heterocycles. The maximum atomic E-state index is 14.3. The second kappa shape index (κ2) is 8.03. The van der Waals surface area contributed by atoms with E-state index in [-0.39, 0.29) is 5.69 Å². The lowest BCUT2D eigenvalue weighted by Gasteiger charge is -2.23. The molecule has 3 rings (SSSR count). The molecule has 0 saturated carbocycles. The normalized spacial score (nSPS) is 15.0. The van der Waals surface area contributed by atoms with Crippen molar-refractivity contribution in [2.24, 2.45) is 0 Å². The smallest absolute Gasteiger partial charge is 0.265 e. The molecule has 0 bridgehead atoms. The molecule has 7 heteroatoms. The Morgan fingerprint density at radius 2 is 1.96 bits per heavy atom. The van der Waals surface area contributed by atoms with Crippen LogP contribution in [0.25, 0.3) is 0 Å². The van der Waals surface area contributed by atoms with E-state index in [2.05, 4.69) is 26.1 Å². The van der Waals surface area contributed by atoms with Crippen LogP contribution >= 0.6 is 15.9 Å².